The smallest absolute Gasteiger partial charge is 0.0217 e. The molecule has 7 heavy (non-hydrogen) atoms. The lowest BCUT2D eigenvalue weighted by Gasteiger charge is -2.08. The van der Waals surface area contributed by atoms with Gasteiger partial charge in [0.1, 0.15) is 0 Å². The van der Waals surface area contributed by atoms with E-state index in [2.05, 4.69) is 17.1 Å². The molecule has 1 saturated heterocycles. The van der Waals surface area contributed by atoms with E-state index in [4.69, 9.17) is 0 Å². The summed E-state index contributed by atoms with van der Waals surface area (Å²) in [5.41, 5.74) is 0. The number of fused-ring (bicyclic) bond motifs is 1. The second-order valence-electron chi connectivity index (χ2n) is 2.21. The van der Waals surface area contributed by atoms with E-state index in [0.29, 0.717) is 0 Å². The zero-order valence-electron chi connectivity index (χ0n) is 4.18. The Morgan fingerprint density at radius 3 is 3.29 bits per heavy atom. The van der Waals surface area contributed by atoms with Gasteiger partial charge in [-0.2, -0.15) is 11.8 Å². The molecule has 0 radical (unpaired) electrons. The molecule has 2 rings (SSSR count). The van der Waals surface area contributed by atoms with Crippen molar-refractivity contribution < 1.29 is 1.43 Å². The normalized spacial score (nSPS) is 48.0. The molecule has 2 aliphatic rings. The van der Waals surface area contributed by atoms with Crippen molar-refractivity contribution in [1.82, 2.24) is 5.32 Å². The zero-order valence-corrected chi connectivity index (χ0v) is 5.00. The number of rotatable bonds is 0. The van der Waals surface area contributed by atoms with E-state index in [-0.39, 0.29) is 1.43 Å². The van der Waals surface area contributed by atoms with Crippen LogP contribution in [-0.4, -0.2) is 23.6 Å². The molecule has 0 amide bonds. The third-order valence-corrected chi connectivity index (χ3v) is 2.96. The number of nitrogens with one attached hydrogen (secondary N) is 1. The Hall–Kier alpha value is 0.310. The molecular formula is C5H11NS. The van der Waals surface area contributed by atoms with Gasteiger partial charge >= 0.3 is 0 Å². The minimum absolute atomic E-state index is 0. The number of hydrogen-bond donors (Lipinski definition) is 1. The lowest BCUT2D eigenvalue weighted by Crippen LogP contribution is -2.25. The molecule has 0 aromatic carbocycles. The van der Waals surface area contributed by atoms with Gasteiger partial charge in [0, 0.05) is 25.0 Å². The Balaban J connectivity index is 0.000000320. The van der Waals surface area contributed by atoms with E-state index in [9.17, 15) is 0 Å². The summed E-state index contributed by atoms with van der Waals surface area (Å²) >= 11 is 2.13. The monoisotopic (exact) mass is 117 g/mol. The molecule has 0 spiro atoms. The summed E-state index contributed by atoms with van der Waals surface area (Å²) in [6, 6.07) is 0.916. The van der Waals surface area contributed by atoms with Crippen molar-refractivity contribution in [3.63, 3.8) is 0 Å². The van der Waals surface area contributed by atoms with Crippen LogP contribution in [0.3, 0.4) is 0 Å². The molecule has 0 aromatic heterocycles. The first-order valence-electron chi connectivity index (χ1n) is 2.82. The Kier molecular flexibility index (Phi) is 0.837. The fourth-order valence-corrected chi connectivity index (χ4v) is 2.24. The summed E-state index contributed by atoms with van der Waals surface area (Å²) in [7, 11) is 0. The molecule has 0 aromatic rings. The first kappa shape index (κ1) is 4.21. The minimum atomic E-state index is 0. The highest BCUT2D eigenvalue weighted by molar-refractivity contribution is 8.00. The molecule has 1 aliphatic carbocycles. The molecule has 1 nitrogen and oxygen atoms in total. The number of thioether (sulfide) groups is 1. The van der Waals surface area contributed by atoms with Gasteiger partial charge in [-0.05, 0) is 6.42 Å². The summed E-state index contributed by atoms with van der Waals surface area (Å²) in [5.74, 6) is 1.33. The standard InChI is InChI=1S/C5H9NS.H2/c1-2-7-5-3-4(5)6-1;/h4-6H,1-3H2;1H. The van der Waals surface area contributed by atoms with Gasteiger partial charge in [-0.1, -0.05) is 0 Å². The van der Waals surface area contributed by atoms with Crippen LogP contribution in [0.25, 0.3) is 0 Å². The maximum Gasteiger partial charge on any atom is 0.0217 e. The average molecular weight is 117 g/mol. The van der Waals surface area contributed by atoms with Crippen molar-refractivity contribution in [2.75, 3.05) is 12.3 Å². The van der Waals surface area contributed by atoms with Crippen molar-refractivity contribution in [2.24, 2.45) is 0 Å². The average Bonchev–Trinajstić information content (AvgIpc) is 2.41. The molecule has 2 unspecified atom stereocenters. The summed E-state index contributed by atoms with van der Waals surface area (Å²) < 4.78 is 0. The first-order valence-corrected chi connectivity index (χ1v) is 3.87. The van der Waals surface area contributed by atoms with E-state index in [1.54, 1.807) is 0 Å². The molecule has 1 N–H and O–H groups in total. The first-order chi connectivity index (χ1) is 3.47. The lowest BCUT2D eigenvalue weighted by atomic mass is 10.6. The van der Waals surface area contributed by atoms with Crippen molar-refractivity contribution >= 4 is 11.8 Å². The second-order valence-corrected chi connectivity index (χ2v) is 3.55. The van der Waals surface area contributed by atoms with Crippen LogP contribution in [0, 0.1) is 0 Å². The van der Waals surface area contributed by atoms with E-state index < -0.39 is 0 Å². The highest BCUT2D eigenvalue weighted by atomic mass is 32.2. The fraction of sp³-hybridized carbons (Fsp3) is 1.00. The predicted molar refractivity (Wildman–Crippen MR) is 34.8 cm³/mol. The van der Waals surface area contributed by atoms with Gasteiger partial charge in [-0.25, -0.2) is 0 Å². The molecule has 0 bridgehead atoms. The van der Waals surface area contributed by atoms with Gasteiger partial charge in [0.2, 0.25) is 0 Å². The fourth-order valence-electron chi connectivity index (χ4n) is 1.03. The summed E-state index contributed by atoms with van der Waals surface area (Å²) in [6.07, 6.45) is 1.44. The van der Waals surface area contributed by atoms with E-state index >= 15 is 0 Å². The van der Waals surface area contributed by atoms with Crippen LogP contribution in [0.5, 0.6) is 0 Å². The summed E-state index contributed by atoms with van der Waals surface area (Å²) in [6.45, 7) is 1.24. The van der Waals surface area contributed by atoms with Gasteiger partial charge in [-0.3, -0.25) is 0 Å². The van der Waals surface area contributed by atoms with Crippen molar-refractivity contribution in [3.05, 3.63) is 0 Å². The Morgan fingerprint density at radius 1 is 1.71 bits per heavy atom. The highest BCUT2D eigenvalue weighted by Gasteiger charge is 2.38. The van der Waals surface area contributed by atoms with Crippen molar-refractivity contribution in [3.8, 4) is 0 Å². The molecule has 2 heteroatoms. The van der Waals surface area contributed by atoms with Gasteiger partial charge < -0.3 is 5.32 Å². The maximum absolute atomic E-state index is 3.44. The van der Waals surface area contributed by atoms with Crippen molar-refractivity contribution in [2.45, 2.75) is 17.7 Å². The molecule has 2 fully saturated rings. The van der Waals surface area contributed by atoms with Crippen LogP contribution in [0.4, 0.5) is 0 Å². The van der Waals surface area contributed by atoms with Crippen molar-refractivity contribution in [1.29, 1.82) is 0 Å². The minimum Gasteiger partial charge on any atom is -0.312 e. The van der Waals surface area contributed by atoms with Crippen LogP contribution >= 0.6 is 11.8 Å². The van der Waals surface area contributed by atoms with Crippen LogP contribution in [-0.2, 0) is 0 Å². The van der Waals surface area contributed by atoms with E-state index in [1.165, 1.54) is 18.7 Å². The molecule has 42 valence electrons. The summed E-state index contributed by atoms with van der Waals surface area (Å²) in [4.78, 5) is 0. The second kappa shape index (κ2) is 1.39. The Labute approximate surface area is 49.3 Å². The quantitative estimate of drug-likeness (QED) is 0.501. The Morgan fingerprint density at radius 2 is 2.71 bits per heavy atom. The zero-order chi connectivity index (χ0) is 4.69. The predicted octanol–water partition coefficient (Wildman–Crippen LogP) is 0.710. The lowest BCUT2D eigenvalue weighted by molar-refractivity contribution is 0.717. The van der Waals surface area contributed by atoms with Gasteiger partial charge in [0.25, 0.3) is 0 Å². The van der Waals surface area contributed by atoms with Crippen LogP contribution < -0.4 is 5.32 Å². The third-order valence-electron chi connectivity index (χ3n) is 1.57. The van der Waals surface area contributed by atoms with Crippen LogP contribution in [0.15, 0.2) is 0 Å². The molecule has 1 saturated carbocycles. The van der Waals surface area contributed by atoms with Gasteiger partial charge in [0.05, 0.1) is 0 Å². The summed E-state index contributed by atoms with van der Waals surface area (Å²) in [5, 5.41) is 4.44. The molecular weight excluding hydrogens is 106 g/mol. The third kappa shape index (κ3) is 0.662. The number of hydrogen-bond acceptors (Lipinski definition) is 2. The van der Waals surface area contributed by atoms with Crippen LogP contribution in [0.2, 0.25) is 0 Å². The highest BCUT2D eigenvalue weighted by Crippen LogP contribution is 2.36. The largest absolute Gasteiger partial charge is 0.312 e. The van der Waals surface area contributed by atoms with Gasteiger partial charge in [0.15, 0.2) is 0 Å². The molecule has 2 atom stereocenters. The van der Waals surface area contributed by atoms with E-state index in [1.807, 2.05) is 0 Å². The topological polar surface area (TPSA) is 12.0 Å². The molecule has 1 aliphatic heterocycles. The van der Waals surface area contributed by atoms with E-state index in [0.717, 1.165) is 11.3 Å². The molecule has 1 heterocycles. The SMILES string of the molecule is C1CSC2CC2N1.[HH]. The van der Waals surface area contributed by atoms with Gasteiger partial charge in [-0.15, -0.1) is 0 Å². The maximum atomic E-state index is 3.44. The van der Waals surface area contributed by atoms with Crippen LogP contribution in [0.1, 0.15) is 7.85 Å². The Bertz CT molecular complexity index is 78.5.